The molecule has 2 aromatic carbocycles. The Kier molecular flexibility index (Phi) is 6.19. The van der Waals surface area contributed by atoms with Crippen LogP contribution in [0, 0.1) is 11.6 Å². The molecule has 3 rings (SSSR count). The monoisotopic (exact) mass is 450 g/mol. The number of carbonyl (C=O) groups is 1. The molecule has 1 atom stereocenters. The summed E-state index contributed by atoms with van der Waals surface area (Å²) in [5.74, 6) is -2.01. The quantitative estimate of drug-likeness (QED) is 0.582. The lowest BCUT2D eigenvalue weighted by atomic mass is 10.1. The molecule has 0 bridgehead atoms. The Morgan fingerprint density at radius 3 is 2.27 bits per heavy atom. The second-order valence-electron chi connectivity index (χ2n) is 6.72. The van der Waals surface area contributed by atoms with Gasteiger partial charge in [0.2, 0.25) is 0 Å². The van der Waals surface area contributed by atoms with Crippen molar-refractivity contribution in [3.8, 4) is 0 Å². The van der Waals surface area contributed by atoms with E-state index in [0.717, 1.165) is 18.2 Å². The smallest absolute Gasteiger partial charge is 0.254 e. The first-order valence-electron chi connectivity index (χ1n) is 8.73. The topological polar surface area (TPSA) is 67.3 Å². The molecule has 1 unspecified atom stereocenters. The molecule has 9 heteroatoms. The van der Waals surface area contributed by atoms with Gasteiger partial charge in [-0.25, -0.2) is 17.2 Å². The SMILES string of the molecule is CN(C)C(=O)c1ccc(C(c2cc(F)ccc2F)S(=O)(=O)c2ccc(Cl)cc2)nc1. The zero-order valence-corrected chi connectivity index (χ0v) is 17.6. The Hall–Kier alpha value is -2.84. The van der Waals surface area contributed by atoms with Gasteiger partial charge < -0.3 is 4.90 Å². The number of amides is 1. The predicted molar refractivity (Wildman–Crippen MR) is 109 cm³/mol. The van der Waals surface area contributed by atoms with E-state index in [1.807, 2.05) is 0 Å². The van der Waals surface area contributed by atoms with E-state index in [-0.39, 0.29) is 27.6 Å². The molecule has 0 aliphatic rings. The summed E-state index contributed by atoms with van der Waals surface area (Å²) < 4.78 is 55.2. The van der Waals surface area contributed by atoms with Crippen molar-refractivity contribution in [1.29, 1.82) is 0 Å². The van der Waals surface area contributed by atoms with E-state index < -0.39 is 26.7 Å². The highest BCUT2D eigenvalue weighted by Gasteiger charge is 2.34. The number of halogens is 3. The molecule has 30 heavy (non-hydrogen) atoms. The van der Waals surface area contributed by atoms with Crippen LogP contribution in [0.5, 0.6) is 0 Å². The molecule has 156 valence electrons. The number of hydrogen-bond donors (Lipinski definition) is 0. The molecule has 0 saturated heterocycles. The Bertz CT molecular complexity index is 1180. The second-order valence-corrected chi connectivity index (χ2v) is 9.19. The Labute approximate surface area is 177 Å². The van der Waals surface area contributed by atoms with Crippen molar-refractivity contribution in [2.75, 3.05) is 14.1 Å². The van der Waals surface area contributed by atoms with Crippen LogP contribution in [0.3, 0.4) is 0 Å². The minimum absolute atomic E-state index is 0.0512. The normalized spacial score (nSPS) is 12.4. The van der Waals surface area contributed by atoms with Crippen LogP contribution in [0.2, 0.25) is 5.02 Å². The lowest BCUT2D eigenvalue weighted by Gasteiger charge is -2.19. The van der Waals surface area contributed by atoms with Gasteiger partial charge in [-0.2, -0.15) is 0 Å². The molecular formula is C21H17ClF2N2O3S. The summed E-state index contributed by atoms with van der Waals surface area (Å²) in [7, 11) is -1.11. The first-order chi connectivity index (χ1) is 14.1. The van der Waals surface area contributed by atoms with Gasteiger partial charge in [0, 0.05) is 30.9 Å². The molecule has 1 heterocycles. The zero-order chi connectivity index (χ0) is 22.1. The molecule has 0 aliphatic heterocycles. The van der Waals surface area contributed by atoms with Crippen LogP contribution in [-0.4, -0.2) is 38.3 Å². The van der Waals surface area contributed by atoms with Crippen LogP contribution in [-0.2, 0) is 9.84 Å². The van der Waals surface area contributed by atoms with E-state index in [2.05, 4.69) is 4.98 Å². The highest BCUT2D eigenvalue weighted by Crippen LogP contribution is 2.36. The fourth-order valence-electron chi connectivity index (χ4n) is 2.91. The summed E-state index contributed by atoms with van der Waals surface area (Å²) in [6.45, 7) is 0. The largest absolute Gasteiger partial charge is 0.345 e. The van der Waals surface area contributed by atoms with Gasteiger partial charge in [0.25, 0.3) is 5.91 Å². The average molecular weight is 451 g/mol. The summed E-state index contributed by atoms with van der Waals surface area (Å²) in [6.07, 6.45) is 1.21. The fraction of sp³-hybridized carbons (Fsp3) is 0.143. The standard InChI is InChI=1S/C21H17ClF2N2O3S/c1-26(2)21(27)13-3-10-19(25-12-13)20(17-11-15(23)6-9-18(17)24)30(28,29)16-7-4-14(22)5-8-16/h3-12,20H,1-2H3. The number of aromatic nitrogens is 1. The minimum atomic E-state index is -4.24. The maximum atomic E-state index is 14.6. The number of rotatable bonds is 5. The van der Waals surface area contributed by atoms with Crippen molar-refractivity contribution in [2.45, 2.75) is 10.1 Å². The number of benzene rings is 2. The maximum absolute atomic E-state index is 14.6. The van der Waals surface area contributed by atoms with E-state index in [1.165, 1.54) is 47.5 Å². The minimum Gasteiger partial charge on any atom is -0.345 e. The predicted octanol–water partition coefficient (Wildman–Crippen LogP) is 4.28. The maximum Gasteiger partial charge on any atom is 0.254 e. The summed E-state index contributed by atoms with van der Waals surface area (Å²) in [4.78, 5) is 17.4. The first kappa shape index (κ1) is 21.9. The molecule has 0 spiro atoms. The van der Waals surface area contributed by atoms with Crippen molar-refractivity contribution in [3.05, 3.63) is 94.3 Å². The molecule has 0 N–H and O–H groups in total. The number of pyridine rings is 1. The molecule has 3 aromatic rings. The average Bonchev–Trinajstić information content (AvgIpc) is 2.71. The number of carbonyl (C=O) groups excluding carboxylic acids is 1. The third-order valence-corrected chi connectivity index (χ3v) is 6.70. The Balaban J connectivity index is 2.19. The van der Waals surface area contributed by atoms with Gasteiger partial charge in [-0.15, -0.1) is 0 Å². The Morgan fingerprint density at radius 2 is 1.70 bits per heavy atom. The molecule has 0 fully saturated rings. The van der Waals surface area contributed by atoms with Crippen LogP contribution in [0.25, 0.3) is 0 Å². The Morgan fingerprint density at radius 1 is 1.03 bits per heavy atom. The van der Waals surface area contributed by atoms with E-state index in [0.29, 0.717) is 5.02 Å². The molecule has 1 amide bonds. The summed E-state index contributed by atoms with van der Waals surface area (Å²) in [5.41, 5.74) is -0.208. The molecule has 1 aromatic heterocycles. The van der Waals surface area contributed by atoms with Gasteiger partial charge in [0.05, 0.1) is 16.2 Å². The van der Waals surface area contributed by atoms with Crippen LogP contribution in [0.4, 0.5) is 8.78 Å². The summed E-state index contributed by atoms with van der Waals surface area (Å²) in [5, 5.41) is -1.30. The fourth-order valence-corrected chi connectivity index (χ4v) is 4.79. The first-order valence-corrected chi connectivity index (χ1v) is 10.7. The van der Waals surface area contributed by atoms with Gasteiger partial charge in [-0.1, -0.05) is 11.6 Å². The third kappa shape index (κ3) is 4.34. The second kappa shape index (κ2) is 8.49. The third-order valence-electron chi connectivity index (χ3n) is 4.40. The van der Waals surface area contributed by atoms with Crippen LogP contribution in [0.15, 0.2) is 65.7 Å². The number of sulfone groups is 1. The number of hydrogen-bond acceptors (Lipinski definition) is 4. The van der Waals surface area contributed by atoms with Crippen molar-refractivity contribution < 1.29 is 22.0 Å². The van der Waals surface area contributed by atoms with Crippen molar-refractivity contribution in [2.24, 2.45) is 0 Å². The number of nitrogens with zero attached hydrogens (tertiary/aromatic N) is 2. The lowest BCUT2D eigenvalue weighted by Crippen LogP contribution is -2.22. The van der Waals surface area contributed by atoms with Crippen LogP contribution >= 0.6 is 11.6 Å². The highest BCUT2D eigenvalue weighted by atomic mass is 35.5. The van der Waals surface area contributed by atoms with Gasteiger partial charge in [0.1, 0.15) is 16.9 Å². The van der Waals surface area contributed by atoms with Gasteiger partial charge >= 0.3 is 0 Å². The van der Waals surface area contributed by atoms with Gasteiger partial charge in [-0.05, 0) is 54.6 Å². The molecular weight excluding hydrogens is 434 g/mol. The highest BCUT2D eigenvalue weighted by molar-refractivity contribution is 7.91. The van der Waals surface area contributed by atoms with E-state index in [1.54, 1.807) is 14.1 Å². The van der Waals surface area contributed by atoms with E-state index >= 15 is 0 Å². The van der Waals surface area contributed by atoms with E-state index in [4.69, 9.17) is 11.6 Å². The lowest BCUT2D eigenvalue weighted by molar-refractivity contribution is 0.0827. The molecule has 0 aliphatic carbocycles. The van der Waals surface area contributed by atoms with Crippen molar-refractivity contribution in [3.63, 3.8) is 0 Å². The molecule has 0 radical (unpaired) electrons. The van der Waals surface area contributed by atoms with Crippen LogP contribution < -0.4 is 0 Å². The summed E-state index contributed by atoms with van der Waals surface area (Å²) in [6, 6.07) is 10.6. The van der Waals surface area contributed by atoms with E-state index in [9.17, 15) is 22.0 Å². The van der Waals surface area contributed by atoms with Crippen molar-refractivity contribution in [1.82, 2.24) is 9.88 Å². The molecule has 0 saturated carbocycles. The van der Waals surface area contributed by atoms with Crippen molar-refractivity contribution >= 4 is 27.3 Å². The van der Waals surface area contributed by atoms with Gasteiger partial charge in [-0.3, -0.25) is 9.78 Å². The summed E-state index contributed by atoms with van der Waals surface area (Å²) >= 11 is 5.84. The van der Waals surface area contributed by atoms with Gasteiger partial charge in [0.15, 0.2) is 9.84 Å². The molecule has 5 nitrogen and oxygen atoms in total. The zero-order valence-electron chi connectivity index (χ0n) is 16.0. The van der Waals surface area contributed by atoms with Crippen LogP contribution in [0.1, 0.15) is 26.9 Å².